The largest absolute Gasteiger partial charge is 0.490 e. The predicted octanol–water partition coefficient (Wildman–Crippen LogP) is 3.62. The van der Waals surface area contributed by atoms with Crippen LogP contribution in [-0.4, -0.2) is 23.1 Å². The van der Waals surface area contributed by atoms with Crippen LogP contribution in [0.4, 0.5) is 5.82 Å². The number of methoxy groups -OCH3 is 1. The van der Waals surface area contributed by atoms with Gasteiger partial charge in [0, 0.05) is 10.9 Å². The number of nitrogens with zero attached hydrogens (tertiary/aromatic N) is 3. The Bertz CT molecular complexity index is 531. The van der Waals surface area contributed by atoms with Crippen LogP contribution in [0.2, 0.25) is 5.15 Å². The second kappa shape index (κ2) is 6.21. The van der Waals surface area contributed by atoms with Crippen LogP contribution in [0.15, 0.2) is 23.8 Å². The molecule has 0 N–H and O–H groups in total. The van der Waals surface area contributed by atoms with Gasteiger partial charge in [-0.3, -0.25) is 0 Å². The highest BCUT2D eigenvalue weighted by Crippen LogP contribution is 2.33. The maximum Gasteiger partial charge on any atom is 0.199 e. The Hall–Kier alpha value is -1.33. The number of thiophene rings is 1. The van der Waals surface area contributed by atoms with Gasteiger partial charge in [0.1, 0.15) is 6.33 Å². The first-order valence-corrected chi connectivity index (χ1v) is 7.22. The molecule has 0 atom stereocenters. The maximum atomic E-state index is 6.06. The van der Waals surface area contributed by atoms with Crippen molar-refractivity contribution in [3.63, 3.8) is 0 Å². The highest BCUT2D eigenvalue weighted by atomic mass is 35.5. The van der Waals surface area contributed by atoms with E-state index in [0.29, 0.717) is 10.9 Å². The van der Waals surface area contributed by atoms with E-state index >= 15 is 0 Å². The third-order valence-corrected chi connectivity index (χ3v) is 3.88. The van der Waals surface area contributed by atoms with Crippen LogP contribution in [0.1, 0.15) is 18.7 Å². The summed E-state index contributed by atoms with van der Waals surface area (Å²) in [6, 6.07) is 4.43. The quantitative estimate of drug-likeness (QED) is 0.790. The molecule has 0 aliphatic carbocycles. The molecule has 0 aromatic carbocycles. The maximum absolute atomic E-state index is 6.06. The summed E-state index contributed by atoms with van der Waals surface area (Å²) in [4.78, 5) is 11.7. The highest BCUT2D eigenvalue weighted by Gasteiger charge is 2.20. The smallest absolute Gasteiger partial charge is 0.199 e. The van der Waals surface area contributed by atoms with Crippen molar-refractivity contribution >= 4 is 28.8 Å². The lowest BCUT2D eigenvalue weighted by molar-refractivity contribution is 0.409. The molecule has 0 unspecified atom stereocenters. The third-order valence-electron chi connectivity index (χ3n) is 2.75. The number of ether oxygens (including phenoxy) is 1. The number of rotatable bonds is 5. The summed E-state index contributed by atoms with van der Waals surface area (Å²) in [7, 11) is 1.58. The first kappa shape index (κ1) is 14.1. The minimum Gasteiger partial charge on any atom is -0.490 e. The first-order chi connectivity index (χ1) is 9.13. The van der Waals surface area contributed by atoms with Crippen molar-refractivity contribution in [2.24, 2.45) is 0 Å². The van der Waals surface area contributed by atoms with Gasteiger partial charge in [-0.25, -0.2) is 9.97 Å². The lowest BCUT2D eigenvalue weighted by Crippen LogP contribution is -2.31. The molecule has 0 radical (unpaired) electrons. The Morgan fingerprint density at radius 3 is 2.79 bits per heavy atom. The number of hydrogen-bond donors (Lipinski definition) is 0. The summed E-state index contributed by atoms with van der Waals surface area (Å²) in [5.74, 6) is 1.25. The van der Waals surface area contributed by atoms with Crippen LogP contribution in [0.3, 0.4) is 0 Å². The van der Waals surface area contributed by atoms with Gasteiger partial charge in [0.25, 0.3) is 0 Å². The van der Waals surface area contributed by atoms with Gasteiger partial charge in [-0.2, -0.15) is 0 Å². The molecule has 2 heterocycles. The lowest BCUT2D eigenvalue weighted by Gasteiger charge is -2.28. The minimum atomic E-state index is 0.280. The van der Waals surface area contributed by atoms with Crippen molar-refractivity contribution in [2.45, 2.75) is 26.4 Å². The monoisotopic (exact) mass is 297 g/mol. The van der Waals surface area contributed by atoms with E-state index in [9.17, 15) is 0 Å². The molecule has 0 aliphatic heterocycles. The van der Waals surface area contributed by atoms with Crippen LogP contribution in [0.5, 0.6) is 5.75 Å². The molecule has 2 aromatic heterocycles. The van der Waals surface area contributed by atoms with Crippen molar-refractivity contribution in [2.75, 3.05) is 12.0 Å². The van der Waals surface area contributed by atoms with E-state index in [0.717, 1.165) is 12.4 Å². The van der Waals surface area contributed by atoms with Crippen molar-refractivity contribution in [1.29, 1.82) is 0 Å². The molecular formula is C13H16ClN3OS. The molecule has 0 bridgehead atoms. The molecule has 0 spiro atoms. The van der Waals surface area contributed by atoms with Gasteiger partial charge in [-0.1, -0.05) is 17.7 Å². The molecule has 2 aromatic rings. The molecular weight excluding hydrogens is 282 g/mol. The van der Waals surface area contributed by atoms with Crippen molar-refractivity contribution in [3.05, 3.63) is 33.9 Å². The zero-order chi connectivity index (χ0) is 13.8. The molecule has 4 nitrogen and oxygen atoms in total. The average Bonchev–Trinajstić information content (AvgIpc) is 2.88. The van der Waals surface area contributed by atoms with Crippen LogP contribution in [0, 0.1) is 0 Å². The fourth-order valence-electron chi connectivity index (χ4n) is 1.80. The SMILES string of the molecule is COc1c(Cl)ncnc1N(Cc1cccs1)C(C)C. The standard InChI is InChI=1S/C13H16ClN3OS/c1-9(2)17(7-10-5-4-6-19-10)13-11(18-3)12(14)15-8-16-13/h4-6,8-9H,7H2,1-3H3. The second-order valence-corrected chi connectivity index (χ2v) is 5.71. The highest BCUT2D eigenvalue weighted by molar-refractivity contribution is 7.09. The molecule has 0 amide bonds. The van der Waals surface area contributed by atoms with E-state index in [-0.39, 0.29) is 6.04 Å². The molecule has 0 saturated carbocycles. The Morgan fingerprint density at radius 2 is 2.21 bits per heavy atom. The van der Waals surface area contributed by atoms with Crippen LogP contribution in [-0.2, 0) is 6.54 Å². The summed E-state index contributed by atoms with van der Waals surface area (Å²) in [6.07, 6.45) is 1.46. The second-order valence-electron chi connectivity index (χ2n) is 4.32. The molecule has 19 heavy (non-hydrogen) atoms. The van der Waals surface area contributed by atoms with Crippen LogP contribution in [0.25, 0.3) is 0 Å². The number of anilines is 1. The zero-order valence-electron chi connectivity index (χ0n) is 11.1. The van der Waals surface area contributed by atoms with Crippen molar-refractivity contribution < 1.29 is 4.74 Å². The Morgan fingerprint density at radius 1 is 1.42 bits per heavy atom. The van der Waals surface area contributed by atoms with E-state index in [1.807, 2.05) is 6.07 Å². The van der Waals surface area contributed by atoms with E-state index in [4.69, 9.17) is 16.3 Å². The third kappa shape index (κ3) is 3.16. The summed E-state index contributed by atoms with van der Waals surface area (Å²) in [5.41, 5.74) is 0. The average molecular weight is 298 g/mol. The molecule has 0 fully saturated rings. The normalized spacial score (nSPS) is 10.8. The Balaban J connectivity index is 2.36. The Labute approximate surface area is 122 Å². The van der Waals surface area contributed by atoms with Gasteiger partial charge in [0.2, 0.25) is 0 Å². The minimum absolute atomic E-state index is 0.280. The van der Waals surface area contributed by atoms with Crippen LogP contribution < -0.4 is 9.64 Å². The van der Waals surface area contributed by atoms with E-state index in [2.05, 4.69) is 40.2 Å². The van der Waals surface area contributed by atoms with Crippen molar-refractivity contribution in [3.8, 4) is 5.75 Å². The fraction of sp³-hybridized carbons (Fsp3) is 0.385. The molecule has 0 saturated heterocycles. The fourth-order valence-corrected chi connectivity index (χ4v) is 2.70. The number of aromatic nitrogens is 2. The summed E-state index contributed by atoms with van der Waals surface area (Å²) >= 11 is 7.78. The van der Waals surface area contributed by atoms with Crippen molar-refractivity contribution in [1.82, 2.24) is 9.97 Å². The number of halogens is 1. The number of hydrogen-bond acceptors (Lipinski definition) is 5. The topological polar surface area (TPSA) is 38.3 Å². The van der Waals surface area contributed by atoms with Gasteiger partial charge in [-0.15, -0.1) is 11.3 Å². The molecule has 0 aliphatic rings. The van der Waals surface area contributed by atoms with Gasteiger partial charge in [-0.05, 0) is 25.3 Å². The zero-order valence-corrected chi connectivity index (χ0v) is 12.7. The Kier molecular flexibility index (Phi) is 4.61. The van der Waals surface area contributed by atoms with Gasteiger partial charge in [0.15, 0.2) is 16.7 Å². The van der Waals surface area contributed by atoms with Crippen LogP contribution >= 0.6 is 22.9 Å². The first-order valence-electron chi connectivity index (χ1n) is 5.97. The molecule has 2 rings (SSSR count). The van der Waals surface area contributed by atoms with E-state index in [1.165, 1.54) is 11.2 Å². The van der Waals surface area contributed by atoms with Gasteiger partial charge in [0.05, 0.1) is 13.7 Å². The predicted molar refractivity (Wildman–Crippen MR) is 79.2 cm³/mol. The lowest BCUT2D eigenvalue weighted by atomic mass is 10.3. The van der Waals surface area contributed by atoms with Gasteiger partial charge < -0.3 is 9.64 Å². The molecule has 102 valence electrons. The van der Waals surface area contributed by atoms with Gasteiger partial charge >= 0.3 is 0 Å². The summed E-state index contributed by atoms with van der Waals surface area (Å²) in [5, 5.41) is 2.40. The summed E-state index contributed by atoms with van der Waals surface area (Å²) < 4.78 is 5.33. The summed E-state index contributed by atoms with van der Waals surface area (Å²) in [6.45, 7) is 5.01. The van der Waals surface area contributed by atoms with E-state index in [1.54, 1.807) is 18.4 Å². The van der Waals surface area contributed by atoms with E-state index < -0.39 is 0 Å². The molecule has 6 heteroatoms.